The molecule has 3 rings (SSSR count). The highest BCUT2D eigenvalue weighted by Gasteiger charge is 2.49. The van der Waals surface area contributed by atoms with Crippen molar-refractivity contribution in [3.63, 3.8) is 0 Å². The third-order valence-electron chi connectivity index (χ3n) is 12.1. The number of ether oxygens (including phenoxy) is 1. The quantitative estimate of drug-likeness (QED) is 0.130. The van der Waals surface area contributed by atoms with Gasteiger partial charge in [-0.25, -0.2) is 4.98 Å². The smallest absolute Gasteiger partial charge is 0.309 e. The van der Waals surface area contributed by atoms with E-state index < -0.39 is 28.2 Å². The Balaban J connectivity index is 2.05. The Hall–Kier alpha value is -1.18. The normalized spacial score (nSPS) is 29.8. The summed E-state index contributed by atoms with van der Waals surface area (Å²) in [4.78, 5) is 33.5. The van der Waals surface area contributed by atoms with E-state index in [0.29, 0.717) is 12.1 Å². The van der Waals surface area contributed by atoms with E-state index in [9.17, 15) is 9.59 Å². The molecule has 0 bridgehead atoms. The van der Waals surface area contributed by atoms with Gasteiger partial charge in [0.1, 0.15) is 11.9 Å². The van der Waals surface area contributed by atoms with Gasteiger partial charge < -0.3 is 18.9 Å². The average molecular weight is 721 g/mol. The summed E-state index contributed by atoms with van der Waals surface area (Å²) < 4.78 is 20.7. The Bertz CT molecular complexity index is 1210. The first kappa shape index (κ1) is 41.2. The minimum atomic E-state index is -2.19. The zero-order chi connectivity index (χ0) is 35.9. The van der Waals surface area contributed by atoms with Gasteiger partial charge in [0.05, 0.1) is 29.3 Å². The number of nitrogens with zero attached hydrogens (tertiary/aromatic N) is 1. The molecule has 0 spiro atoms. The fourth-order valence-corrected chi connectivity index (χ4v) is 14.5. The van der Waals surface area contributed by atoms with Gasteiger partial charge in [0, 0.05) is 35.2 Å². The number of ketones is 1. The Morgan fingerprint density at radius 2 is 1.56 bits per heavy atom. The van der Waals surface area contributed by atoms with Gasteiger partial charge in [-0.3, -0.25) is 9.59 Å². The van der Waals surface area contributed by atoms with Crippen LogP contribution in [0.5, 0.6) is 0 Å². The number of cyclic esters (lactones) is 1. The SMILES string of the molecule is CC[Si](CC)(CC)O[C@H]1CC(=O)O[C@H](/C(C)=C/c2csc(C)n2)C[C@@H]2NC2CCCC(C)[C@H](O[Si](CC)(CC)CC)[C@@H](C)C(=O)C1(C)C. The lowest BCUT2D eigenvalue weighted by Crippen LogP contribution is -2.53. The summed E-state index contributed by atoms with van der Waals surface area (Å²) in [5.74, 6) is -0.224. The van der Waals surface area contributed by atoms with E-state index in [4.69, 9.17) is 13.6 Å². The van der Waals surface area contributed by atoms with Gasteiger partial charge in [0.2, 0.25) is 0 Å². The molecule has 0 aliphatic carbocycles. The maximum atomic E-state index is 14.9. The first-order valence-electron chi connectivity index (χ1n) is 19.1. The summed E-state index contributed by atoms with van der Waals surface area (Å²) in [6.07, 6.45) is 4.90. The van der Waals surface area contributed by atoms with Crippen molar-refractivity contribution in [1.29, 1.82) is 0 Å². The lowest BCUT2D eigenvalue weighted by Gasteiger charge is -2.44. The Morgan fingerprint density at radius 3 is 2.10 bits per heavy atom. The van der Waals surface area contributed by atoms with Gasteiger partial charge in [-0.1, -0.05) is 75.7 Å². The van der Waals surface area contributed by atoms with Crippen LogP contribution in [0.4, 0.5) is 0 Å². The van der Waals surface area contributed by atoms with Gasteiger partial charge >= 0.3 is 5.97 Å². The van der Waals surface area contributed by atoms with E-state index in [-0.39, 0.29) is 42.2 Å². The molecular weight excluding hydrogens is 653 g/mol. The van der Waals surface area contributed by atoms with Crippen LogP contribution in [-0.2, 0) is 23.2 Å². The van der Waals surface area contributed by atoms with E-state index in [2.05, 4.69) is 71.8 Å². The van der Waals surface area contributed by atoms with Crippen LogP contribution >= 0.6 is 11.3 Å². The summed E-state index contributed by atoms with van der Waals surface area (Å²) in [6, 6.07) is 6.70. The molecule has 10 heteroatoms. The molecule has 2 aliphatic rings. The fourth-order valence-electron chi connectivity index (χ4n) is 7.89. The van der Waals surface area contributed by atoms with Crippen LogP contribution in [-0.4, -0.2) is 63.8 Å². The molecule has 2 unspecified atom stereocenters. The third-order valence-corrected chi connectivity index (χ3v) is 22.2. The van der Waals surface area contributed by atoms with Crippen molar-refractivity contribution in [2.24, 2.45) is 17.3 Å². The third kappa shape index (κ3) is 10.2. The van der Waals surface area contributed by atoms with Crippen molar-refractivity contribution in [3.05, 3.63) is 21.7 Å². The number of nitrogens with one attached hydrogen (secondary N) is 1. The second-order valence-electron chi connectivity index (χ2n) is 15.4. The first-order valence-corrected chi connectivity index (χ1v) is 25.0. The monoisotopic (exact) mass is 720 g/mol. The number of aromatic nitrogens is 1. The molecular formula is C38H68N2O5SSi2. The van der Waals surface area contributed by atoms with Gasteiger partial charge in [0.25, 0.3) is 0 Å². The summed E-state index contributed by atoms with van der Waals surface area (Å²) >= 11 is 1.62. The maximum Gasteiger partial charge on any atom is 0.309 e. The van der Waals surface area contributed by atoms with Crippen LogP contribution in [0.15, 0.2) is 11.0 Å². The lowest BCUT2D eigenvalue weighted by atomic mass is 9.73. The number of fused-ring (bicyclic) bond motifs is 1. The number of carbonyl (C=O) groups is 2. The molecule has 7 nitrogen and oxygen atoms in total. The molecule has 48 heavy (non-hydrogen) atoms. The zero-order valence-electron chi connectivity index (χ0n) is 32.4. The highest BCUT2D eigenvalue weighted by Crippen LogP contribution is 2.40. The van der Waals surface area contributed by atoms with Crippen LogP contribution < -0.4 is 5.32 Å². The van der Waals surface area contributed by atoms with E-state index in [0.717, 1.165) is 78.2 Å². The second kappa shape index (κ2) is 17.8. The van der Waals surface area contributed by atoms with Gasteiger partial charge in [-0.2, -0.15) is 0 Å². The van der Waals surface area contributed by atoms with Crippen LogP contribution in [0.25, 0.3) is 6.08 Å². The minimum absolute atomic E-state index is 0.0555. The molecule has 0 aromatic carbocycles. The molecule has 0 radical (unpaired) electrons. The molecule has 3 heterocycles. The van der Waals surface area contributed by atoms with E-state index >= 15 is 0 Å². The van der Waals surface area contributed by atoms with Gasteiger partial charge in [-0.15, -0.1) is 11.3 Å². The summed E-state index contributed by atoms with van der Waals surface area (Å²) in [5.41, 5.74) is 0.995. The van der Waals surface area contributed by atoms with Crippen LogP contribution in [0.2, 0.25) is 36.3 Å². The number of rotatable bonds is 12. The molecule has 1 aromatic heterocycles. The molecule has 274 valence electrons. The highest BCUT2D eigenvalue weighted by molar-refractivity contribution is 7.09. The molecule has 2 fully saturated rings. The van der Waals surface area contributed by atoms with E-state index in [1.54, 1.807) is 11.3 Å². The first-order chi connectivity index (χ1) is 22.6. The van der Waals surface area contributed by atoms with Crippen molar-refractivity contribution in [2.45, 2.75) is 182 Å². The Kier molecular flexibility index (Phi) is 15.3. The largest absolute Gasteiger partial charge is 0.458 e. The van der Waals surface area contributed by atoms with Gasteiger partial charge in [0.15, 0.2) is 16.6 Å². The number of aryl methyl sites for hydroxylation is 1. The molecule has 0 saturated carbocycles. The van der Waals surface area contributed by atoms with E-state index in [1.165, 1.54) is 0 Å². The number of hydrogen-bond acceptors (Lipinski definition) is 8. The predicted octanol–water partition coefficient (Wildman–Crippen LogP) is 9.72. The molecule has 1 N–H and O–H groups in total. The number of thiazole rings is 1. The topological polar surface area (TPSA) is 96.7 Å². The average Bonchev–Trinajstić information content (AvgIpc) is 3.68. The molecule has 1 aromatic rings. The number of esters is 1. The van der Waals surface area contributed by atoms with Crippen molar-refractivity contribution in [1.82, 2.24) is 10.3 Å². The van der Waals surface area contributed by atoms with Crippen molar-refractivity contribution < 1.29 is 23.2 Å². The highest BCUT2D eigenvalue weighted by atomic mass is 32.1. The Morgan fingerprint density at radius 1 is 0.979 bits per heavy atom. The van der Waals surface area contributed by atoms with Crippen molar-refractivity contribution >= 4 is 45.8 Å². The van der Waals surface area contributed by atoms with E-state index in [1.807, 2.05) is 33.1 Å². The summed E-state index contributed by atoms with van der Waals surface area (Å²) in [7, 11) is -4.18. The van der Waals surface area contributed by atoms with Crippen LogP contribution in [0, 0.1) is 24.2 Å². The van der Waals surface area contributed by atoms with Gasteiger partial charge in [-0.05, 0) is 80.5 Å². The minimum Gasteiger partial charge on any atom is -0.458 e. The molecule has 2 saturated heterocycles. The fraction of sp³-hybridized carbons (Fsp3) is 0.816. The number of hydrogen-bond donors (Lipinski definition) is 1. The van der Waals surface area contributed by atoms with Crippen molar-refractivity contribution in [2.75, 3.05) is 0 Å². The predicted molar refractivity (Wildman–Crippen MR) is 205 cm³/mol. The summed E-state index contributed by atoms with van der Waals surface area (Å²) in [5, 5.41) is 6.74. The molecule has 7 atom stereocenters. The zero-order valence-corrected chi connectivity index (χ0v) is 35.2. The van der Waals surface area contributed by atoms with Crippen molar-refractivity contribution in [3.8, 4) is 0 Å². The van der Waals surface area contributed by atoms with Crippen LogP contribution in [0.1, 0.15) is 119 Å². The van der Waals surface area contributed by atoms with Crippen LogP contribution in [0.3, 0.4) is 0 Å². The number of carbonyl (C=O) groups excluding carboxylic acids is 2. The summed E-state index contributed by atoms with van der Waals surface area (Å²) in [6.45, 7) is 25.8. The number of Topliss-reactive ketones (excluding diaryl/α,β-unsaturated/α-hetero) is 1. The standard InChI is InChI=1S/C38H68N2O5SSi2/c1-13-47(14-2,15-3)44-34-24-35(41)43-33(27(8)22-30-25-46-29(10)39-30)23-32-31(40-32)21-19-20-26(7)36(28(9)37(42)38(34,11)12)45-48(16-4,17-5)18-6/h22,25-26,28,31-34,36,40H,13-21,23-24H2,1-12H3/b27-22+/t26?,28-,31?,32+,33+,34+,36+/m1/s1. The second-order valence-corrected chi connectivity index (χ2v) is 25.9. The maximum absolute atomic E-state index is 14.9. The molecule has 0 amide bonds. The Labute approximate surface area is 299 Å². The molecule has 2 aliphatic heterocycles. The lowest BCUT2D eigenvalue weighted by molar-refractivity contribution is -0.153.